The van der Waals surface area contributed by atoms with Gasteiger partial charge in [-0.05, 0) is 43.7 Å². The van der Waals surface area contributed by atoms with Crippen LogP contribution in [0, 0.1) is 5.82 Å². The summed E-state index contributed by atoms with van der Waals surface area (Å²) in [6.07, 6.45) is -4.50. The number of alkyl halides is 3. The third-order valence-corrected chi connectivity index (χ3v) is 4.67. The third kappa shape index (κ3) is 6.19. The Hall–Kier alpha value is -3.10. The molecular weight excluding hydrogens is 414 g/mol. The molecule has 0 saturated heterocycles. The van der Waals surface area contributed by atoms with E-state index in [1.54, 1.807) is 12.1 Å². The lowest BCUT2D eigenvalue weighted by Crippen LogP contribution is -2.45. The molecule has 1 aliphatic rings. The van der Waals surface area contributed by atoms with Gasteiger partial charge in [0.25, 0.3) is 0 Å². The number of oxime groups is 1. The quantitative estimate of drug-likeness (QED) is 0.650. The van der Waals surface area contributed by atoms with Crippen molar-refractivity contribution in [1.82, 2.24) is 10.2 Å². The summed E-state index contributed by atoms with van der Waals surface area (Å²) in [6.45, 7) is 3.89. The average molecular weight is 437 g/mol. The van der Waals surface area contributed by atoms with E-state index in [2.05, 4.69) is 10.5 Å². The van der Waals surface area contributed by atoms with E-state index < -0.39 is 17.8 Å². The number of nitrogens with one attached hydrogen (secondary N) is 1. The van der Waals surface area contributed by atoms with E-state index in [-0.39, 0.29) is 31.0 Å². The summed E-state index contributed by atoms with van der Waals surface area (Å²) in [4.78, 5) is 19.6. The van der Waals surface area contributed by atoms with Crippen molar-refractivity contribution in [2.75, 3.05) is 6.54 Å². The number of amides is 2. The Balaban J connectivity index is 1.69. The van der Waals surface area contributed by atoms with E-state index in [0.717, 1.165) is 12.1 Å². The van der Waals surface area contributed by atoms with Crippen molar-refractivity contribution in [2.24, 2.45) is 5.16 Å². The largest absolute Gasteiger partial charge is 0.416 e. The molecule has 0 spiro atoms. The summed E-state index contributed by atoms with van der Waals surface area (Å²) in [5, 5.41) is 6.80. The first-order valence-electron chi connectivity index (χ1n) is 9.82. The van der Waals surface area contributed by atoms with E-state index in [1.807, 2.05) is 13.8 Å². The van der Waals surface area contributed by atoms with Gasteiger partial charge in [-0.1, -0.05) is 29.4 Å². The maximum absolute atomic E-state index is 13.5. The van der Waals surface area contributed by atoms with Crippen LogP contribution in [0.25, 0.3) is 0 Å². The highest BCUT2D eigenvalue weighted by molar-refractivity contribution is 6.01. The molecule has 1 heterocycles. The molecule has 5 nitrogen and oxygen atoms in total. The van der Waals surface area contributed by atoms with Gasteiger partial charge in [-0.2, -0.15) is 13.2 Å². The molecule has 166 valence electrons. The Morgan fingerprint density at radius 3 is 2.55 bits per heavy atom. The standard InChI is InChI=1S/C22H23F4N3O2/c1-14(2)27-21(30)29(12-15-6-8-17(9-7-15)22(24,25)26)13-19-11-20(28-31-19)16-4-3-5-18(23)10-16/h3-10,14,19H,11-13H2,1-2H3,(H,27,30)/t19-/m0/s1. The van der Waals surface area contributed by atoms with E-state index >= 15 is 0 Å². The average Bonchev–Trinajstić information content (AvgIpc) is 3.15. The van der Waals surface area contributed by atoms with E-state index in [0.29, 0.717) is 23.3 Å². The Bertz CT molecular complexity index is 943. The molecule has 31 heavy (non-hydrogen) atoms. The molecule has 1 atom stereocenters. The van der Waals surface area contributed by atoms with E-state index in [1.165, 1.54) is 29.2 Å². The number of rotatable bonds is 6. The Morgan fingerprint density at radius 1 is 1.23 bits per heavy atom. The number of urea groups is 1. The summed E-state index contributed by atoms with van der Waals surface area (Å²) in [5.41, 5.74) is 0.976. The minimum atomic E-state index is -4.42. The van der Waals surface area contributed by atoms with Crippen LogP contribution in [0.4, 0.5) is 22.4 Å². The van der Waals surface area contributed by atoms with Crippen molar-refractivity contribution < 1.29 is 27.2 Å². The maximum atomic E-state index is 13.5. The third-order valence-electron chi connectivity index (χ3n) is 4.67. The molecule has 0 unspecified atom stereocenters. The van der Waals surface area contributed by atoms with Crippen LogP contribution in [0.1, 0.15) is 37.0 Å². The van der Waals surface area contributed by atoms with Crippen LogP contribution in [-0.4, -0.2) is 35.3 Å². The van der Waals surface area contributed by atoms with Gasteiger partial charge in [0.2, 0.25) is 0 Å². The second-order valence-corrected chi connectivity index (χ2v) is 7.66. The number of carbonyl (C=O) groups is 1. The molecule has 9 heteroatoms. The first kappa shape index (κ1) is 22.6. The minimum Gasteiger partial charge on any atom is -0.390 e. The summed E-state index contributed by atoms with van der Waals surface area (Å²) in [5.74, 6) is -0.385. The molecule has 1 aliphatic heterocycles. The predicted molar refractivity (Wildman–Crippen MR) is 108 cm³/mol. The molecule has 0 aliphatic carbocycles. The Morgan fingerprint density at radius 2 is 1.94 bits per heavy atom. The van der Waals surface area contributed by atoms with Gasteiger partial charge in [-0.3, -0.25) is 0 Å². The SMILES string of the molecule is CC(C)NC(=O)N(Cc1ccc(C(F)(F)F)cc1)C[C@@H]1CC(c2cccc(F)c2)=NO1. The molecule has 0 aromatic heterocycles. The molecule has 0 bridgehead atoms. The number of benzene rings is 2. The van der Waals surface area contributed by atoms with Crippen molar-refractivity contribution in [1.29, 1.82) is 0 Å². The minimum absolute atomic E-state index is 0.103. The zero-order chi connectivity index (χ0) is 22.6. The number of hydrogen-bond acceptors (Lipinski definition) is 3. The zero-order valence-corrected chi connectivity index (χ0v) is 17.1. The second kappa shape index (κ2) is 9.36. The van der Waals surface area contributed by atoms with Gasteiger partial charge in [0.1, 0.15) is 5.82 Å². The van der Waals surface area contributed by atoms with Crippen molar-refractivity contribution in [3.63, 3.8) is 0 Å². The fourth-order valence-corrected chi connectivity index (χ4v) is 3.19. The van der Waals surface area contributed by atoms with Crippen LogP contribution in [0.15, 0.2) is 53.7 Å². The Labute approximate surface area is 177 Å². The summed E-state index contributed by atoms with van der Waals surface area (Å²) >= 11 is 0. The fourth-order valence-electron chi connectivity index (χ4n) is 3.19. The number of hydrogen-bond donors (Lipinski definition) is 1. The van der Waals surface area contributed by atoms with E-state index in [4.69, 9.17) is 4.84 Å². The van der Waals surface area contributed by atoms with Crippen LogP contribution < -0.4 is 5.32 Å². The van der Waals surface area contributed by atoms with Gasteiger partial charge in [-0.25, -0.2) is 9.18 Å². The molecule has 2 amide bonds. The summed E-state index contributed by atoms with van der Waals surface area (Å²) in [6, 6.07) is 10.2. The molecule has 2 aromatic carbocycles. The number of halogens is 4. The topological polar surface area (TPSA) is 53.9 Å². The lowest BCUT2D eigenvalue weighted by atomic mass is 10.0. The smallest absolute Gasteiger partial charge is 0.390 e. The predicted octanol–water partition coefficient (Wildman–Crippen LogP) is 4.96. The summed E-state index contributed by atoms with van der Waals surface area (Å²) in [7, 11) is 0. The van der Waals surface area contributed by atoms with Crippen LogP contribution in [0.5, 0.6) is 0 Å². The van der Waals surface area contributed by atoms with Gasteiger partial charge in [0.05, 0.1) is 17.8 Å². The van der Waals surface area contributed by atoms with Crippen molar-refractivity contribution in [2.45, 2.75) is 45.1 Å². The van der Waals surface area contributed by atoms with Crippen molar-refractivity contribution in [3.05, 3.63) is 71.0 Å². The lowest BCUT2D eigenvalue weighted by molar-refractivity contribution is -0.137. The molecule has 1 N–H and O–H groups in total. The second-order valence-electron chi connectivity index (χ2n) is 7.66. The van der Waals surface area contributed by atoms with Gasteiger partial charge >= 0.3 is 12.2 Å². The van der Waals surface area contributed by atoms with Crippen molar-refractivity contribution in [3.8, 4) is 0 Å². The first-order valence-corrected chi connectivity index (χ1v) is 9.82. The number of nitrogens with zero attached hydrogens (tertiary/aromatic N) is 2. The van der Waals surface area contributed by atoms with Gasteiger partial charge < -0.3 is 15.1 Å². The van der Waals surface area contributed by atoms with E-state index in [9.17, 15) is 22.4 Å². The monoisotopic (exact) mass is 437 g/mol. The first-order chi connectivity index (χ1) is 14.6. The maximum Gasteiger partial charge on any atom is 0.416 e. The van der Waals surface area contributed by atoms with Crippen LogP contribution in [0.3, 0.4) is 0 Å². The van der Waals surface area contributed by atoms with Gasteiger partial charge in [0.15, 0.2) is 6.10 Å². The van der Waals surface area contributed by atoms with Crippen LogP contribution in [0.2, 0.25) is 0 Å². The summed E-state index contributed by atoms with van der Waals surface area (Å²) < 4.78 is 51.9. The highest BCUT2D eigenvalue weighted by Crippen LogP contribution is 2.29. The number of carbonyl (C=O) groups excluding carboxylic acids is 1. The molecule has 2 aromatic rings. The zero-order valence-electron chi connectivity index (χ0n) is 17.1. The molecule has 0 fully saturated rings. The molecule has 3 rings (SSSR count). The molecular formula is C22H23F4N3O2. The highest BCUT2D eigenvalue weighted by Gasteiger charge is 2.31. The normalized spacial score (nSPS) is 16.1. The highest BCUT2D eigenvalue weighted by atomic mass is 19.4. The van der Waals surface area contributed by atoms with Crippen molar-refractivity contribution >= 4 is 11.7 Å². The fraction of sp³-hybridized carbons (Fsp3) is 0.364. The van der Waals surface area contributed by atoms with Gasteiger partial charge in [-0.15, -0.1) is 0 Å². The van der Waals surface area contributed by atoms with Crippen LogP contribution in [-0.2, 0) is 17.6 Å². The van der Waals surface area contributed by atoms with Gasteiger partial charge in [0, 0.05) is 24.6 Å². The molecule has 0 radical (unpaired) electrons. The lowest BCUT2D eigenvalue weighted by Gasteiger charge is -2.26. The van der Waals surface area contributed by atoms with Crippen LogP contribution >= 0.6 is 0 Å². The Kier molecular flexibility index (Phi) is 6.82. The molecule has 0 saturated carbocycles.